The first-order valence-electron chi connectivity index (χ1n) is 7.24. The molecule has 1 aromatic rings. The lowest BCUT2D eigenvalue weighted by molar-refractivity contribution is -0.00229. The van der Waals surface area contributed by atoms with Crippen molar-refractivity contribution in [2.75, 3.05) is 26.9 Å². The van der Waals surface area contributed by atoms with E-state index in [4.69, 9.17) is 9.47 Å². The van der Waals surface area contributed by atoms with Crippen LogP contribution in [0, 0.1) is 0 Å². The topological polar surface area (TPSA) is 55.8 Å². The molecule has 1 aromatic carbocycles. The first kappa shape index (κ1) is 15.7. The number of nitrogens with zero attached hydrogens (tertiary/aromatic N) is 1. The zero-order valence-electron chi connectivity index (χ0n) is 12.5. The summed E-state index contributed by atoms with van der Waals surface area (Å²) < 4.78 is 10.6. The van der Waals surface area contributed by atoms with Crippen LogP contribution in [0.2, 0.25) is 0 Å². The molecule has 0 fully saturated rings. The Morgan fingerprint density at radius 3 is 2.29 bits per heavy atom. The number of imide groups is 1. The first-order valence-corrected chi connectivity index (χ1v) is 7.24. The van der Waals surface area contributed by atoms with Crippen LogP contribution in [0.1, 0.15) is 40.5 Å². The van der Waals surface area contributed by atoms with E-state index in [0.29, 0.717) is 37.3 Å². The maximum absolute atomic E-state index is 12.2. The predicted octanol–water partition coefficient (Wildman–Crippen LogP) is 2.11. The number of carbonyl (C=O) groups excluding carboxylic acids is 2. The summed E-state index contributed by atoms with van der Waals surface area (Å²) in [4.78, 5) is 25.7. The molecule has 1 aliphatic heterocycles. The fraction of sp³-hybridized carbons (Fsp3) is 0.500. The Labute approximate surface area is 124 Å². The van der Waals surface area contributed by atoms with Crippen LogP contribution in [0.5, 0.6) is 0 Å². The molecular weight excluding hydrogens is 270 g/mol. The molecule has 0 aromatic heterocycles. The van der Waals surface area contributed by atoms with E-state index in [9.17, 15) is 9.59 Å². The van der Waals surface area contributed by atoms with E-state index >= 15 is 0 Å². The number of amides is 2. The number of fused-ring (bicyclic) bond motifs is 1. The standard InChI is InChI=1S/C16H21NO4/c1-3-21-12(11-20-2)7-6-10-17-15(18)13-8-4-5-9-14(13)16(17)19/h4-5,8-9,12H,3,6-7,10-11H2,1-2H3. The minimum Gasteiger partial charge on any atom is -0.382 e. The average molecular weight is 291 g/mol. The van der Waals surface area contributed by atoms with E-state index < -0.39 is 0 Å². The van der Waals surface area contributed by atoms with Crippen molar-refractivity contribution < 1.29 is 19.1 Å². The molecule has 1 heterocycles. The van der Waals surface area contributed by atoms with Gasteiger partial charge in [0.1, 0.15) is 0 Å². The molecule has 0 N–H and O–H groups in total. The van der Waals surface area contributed by atoms with Crippen LogP contribution in [0.3, 0.4) is 0 Å². The summed E-state index contributed by atoms with van der Waals surface area (Å²) in [5.41, 5.74) is 1.00. The second-order valence-electron chi connectivity index (χ2n) is 4.98. The Morgan fingerprint density at radius 1 is 1.14 bits per heavy atom. The molecule has 0 radical (unpaired) electrons. The van der Waals surface area contributed by atoms with Gasteiger partial charge in [-0.1, -0.05) is 12.1 Å². The summed E-state index contributed by atoms with van der Waals surface area (Å²) in [6.45, 7) is 3.50. The van der Waals surface area contributed by atoms with Gasteiger partial charge in [-0.25, -0.2) is 0 Å². The van der Waals surface area contributed by atoms with Crippen molar-refractivity contribution in [1.29, 1.82) is 0 Å². The van der Waals surface area contributed by atoms with Gasteiger partial charge in [0, 0.05) is 20.3 Å². The first-order chi connectivity index (χ1) is 10.2. The molecule has 0 saturated carbocycles. The maximum Gasteiger partial charge on any atom is 0.261 e. The fourth-order valence-corrected chi connectivity index (χ4v) is 2.56. The van der Waals surface area contributed by atoms with Crippen LogP contribution in [-0.4, -0.2) is 49.7 Å². The minimum absolute atomic E-state index is 0.00943. The Hall–Kier alpha value is -1.72. The minimum atomic E-state index is -0.199. The van der Waals surface area contributed by atoms with Gasteiger partial charge in [0.25, 0.3) is 11.8 Å². The number of ether oxygens (including phenoxy) is 2. The molecule has 0 spiro atoms. The Balaban J connectivity index is 1.90. The van der Waals surface area contributed by atoms with Crippen molar-refractivity contribution in [2.45, 2.75) is 25.9 Å². The highest BCUT2D eigenvalue weighted by molar-refractivity contribution is 6.21. The summed E-state index contributed by atoms with van der Waals surface area (Å²) >= 11 is 0. The van der Waals surface area contributed by atoms with Crippen LogP contribution in [0.4, 0.5) is 0 Å². The number of hydrogen-bond donors (Lipinski definition) is 0. The van der Waals surface area contributed by atoms with Crippen molar-refractivity contribution in [2.24, 2.45) is 0 Å². The highest BCUT2D eigenvalue weighted by Gasteiger charge is 2.34. The molecule has 0 bridgehead atoms. The second-order valence-corrected chi connectivity index (χ2v) is 4.98. The second kappa shape index (κ2) is 7.33. The molecule has 2 rings (SSSR count). The Morgan fingerprint density at radius 2 is 1.76 bits per heavy atom. The maximum atomic E-state index is 12.2. The largest absolute Gasteiger partial charge is 0.382 e. The van der Waals surface area contributed by atoms with E-state index in [1.54, 1.807) is 31.4 Å². The fourth-order valence-electron chi connectivity index (χ4n) is 2.56. The van der Waals surface area contributed by atoms with Crippen LogP contribution in [0.25, 0.3) is 0 Å². The molecule has 0 saturated heterocycles. The summed E-state index contributed by atoms with van der Waals surface area (Å²) in [5.74, 6) is -0.398. The molecule has 114 valence electrons. The summed E-state index contributed by atoms with van der Waals surface area (Å²) in [6, 6.07) is 6.95. The van der Waals surface area contributed by atoms with Gasteiger partial charge < -0.3 is 9.47 Å². The van der Waals surface area contributed by atoms with E-state index in [2.05, 4.69) is 0 Å². The van der Waals surface area contributed by atoms with Crippen molar-refractivity contribution >= 4 is 11.8 Å². The number of rotatable bonds is 8. The van der Waals surface area contributed by atoms with Gasteiger partial charge in [0.05, 0.1) is 23.8 Å². The number of hydrogen-bond acceptors (Lipinski definition) is 4. The summed E-state index contributed by atoms with van der Waals surface area (Å²) in [7, 11) is 1.64. The van der Waals surface area contributed by atoms with Crippen LogP contribution >= 0.6 is 0 Å². The lowest BCUT2D eigenvalue weighted by Crippen LogP contribution is -2.31. The van der Waals surface area contributed by atoms with Crippen molar-refractivity contribution in [3.63, 3.8) is 0 Å². The smallest absolute Gasteiger partial charge is 0.261 e. The zero-order valence-corrected chi connectivity index (χ0v) is 12.5. The third-order valence-corrected chi connectivity index (χ3v) is 3.54. The monoisotopic (exact) mass is 291 g/mol. The SMILES string of the molecule is CCOC(CCCN1C(=O)c2ccccc2C1=O)COC. The van der Waals surface area contributed by atoms with E-state index in [1.807, 2.05) is 6.92 Å². The third-order valence-electron chi connectivity index (χ3n) is 3.54. The van der Waals surface area contributed by atoms with Crippen LogP contribution in [-0.2, 0) is 9.47 Å². The molecule has 21 heavy (non-hydrogen) atoms. The highest BCUT2D eigenvalue weighted by atomic mass is 16.5. The number of benzene rings is 1. The van der Waals surface area contributed by atoms with Gasteiger partial charge in [0.2, 0.25) is 0 Å². The highest BCUT2D eigenvalue weighted by Crippen LogP contribution is 2.22. The van der Waals surface area contributed by atoms with Gasteiger partial charge in [-0.3, -0.25) is 14.5 Å². The molecule has 1 atom stereocenters. The van der Waals surface area contributed by atoms with Gasteiger partial charge in [-0.2, -0.15) is 0 Å². The molecule has 1 unspecified atom stereocenters. The molecule has 5 nitrogen and oxygen atoms in total. The summed E-state index contributed by atoms with van der Waals surface area (Å²) in [5, 5.41) is 0. The average Bonchev–Trinajstić information content (AvgIpc) is 2.73. The van der Waals surface area contributed by atoms with Gasteiger partial charge in [-0.05, 0) is 31.9 Å². The molecule has 0 aliphatic carbocycles. The number of carbonyl (C=O) groups is 2. The molecule has 2 amide bonds. The third kappa shape index (κ3) is 3.49. The van der Waals surface area contributed by atoms with Crippen LogP contribution in [0.15, 0.2) is 24.3 Å². The predicted molar refractivity (Wildman–Crippen MR) is 78.3 cm³/mol. The van der Waals surface area contributed by atoms with E-state index in [0.717, 1.165) is 6.42 Å². The van der Waals surface area contributed by atoms with Gasteiger partial charge >= 0.3 is 0 Å². The van der Waals surface area contributed by atoms with Gasteiger partial charge in [0.15, 0.2) is 0 Å². The normalized spacial score (nSPS) is 15.4. The lowest BCUT2D eigenvalue weighted by Gasteiger charge is -2.18. The summed E-state index contributed by atoms with van der Waals surface area (Å²) in [6.07, 6.45) is 1.48. The quantitative estimate of drug-likeness (QED) is 0.688. The Bertz CT molecular complexity index is 474. The number of methoxy groups -OCH3 is 1. The molecular formula is C16H21NO4. The van der Waals surface area contributed by atoms with E-state index in [-0.39, 0.29) is 17.9 Å². The lowest BCUT2D eigenvalue weighted by atomic mass is 10.1. The van der Waals surface area contributed by atoms with Crippen LogP contribution < -0.4 is 0 Å². The molecule has 1 aliphatic rings. The van der Waals surface area contributed by atoms with Gasteiger partial charge in [-0.15, -0.1) is 0 Å². The van der Waals surface area contributed by atoms with Crippen molar-refractivity contribution in [1.82, 2.24) is 4.90 Å². The zero-order chi connectivity index (χ0) is 15.2. The Kier molecular flexibility index (Phi) is 5.47. The molecule has 5 heteroatoms. The van der Waals surface area contributed by atoms with Crippen molar-refractivity contribution in [3.8, 4) is 0 Å². The van der Waals surface area contributed by atoms with E-state index in [1.165, 1.54) is 4.90 Å². The van der Waals surface area contributed by atoms with Crippen molar-refractivity contribution in [3.05, 3.63) is 35.4 Å².